The van der Waals surface area contributed by atoms with Crippen LogP contribution in [-0.2, 0) is 20.8 Å². The van der Waals surface area contributed by atoms with Crippen LogP contribution in [0.1, 0.15) is 17.5 Å². The number of nitrogens with two attached hydrogens (primary N) is 1. The Morgan fingerprint density at radius 1 is 1.08 bits per heavy atom. The highest BCUT2D eigenvalue weighted by molar-refractivity contribution is 6.24. The fraction of sp³-hybridized carbons (Fsp3) is 0.321. The van der Waals surface area contributed by atoms with Crippen molar-refractivity contribution in [3.05, 3.63) is 64.4 Å². The van der Waals surface area contributed by atoms with Crippen LogP contribution in [0.3, 0.4) is 0 Å². The average Bonchev–Trinajstić information content (AvgIpc) is 2.86. The van der Waals surface area contributed by atoms with E-state index in [1.54, 1.807) is 39.4 Å². The molecule has 2 aromatic rings. The molecule has 0 spiro atoms. The highest BCUT2D eigenvalue weighted by atomic mass is 16.5. The van der Waals surface area contributed by atoms with Crippen molar-refractivity contribution in [1.29, 1.82) is 0 Å². The number of likely N-dealkylation sites (N-methyl/N-ethyl adjacent to an activating group) is 1. The van der Waals surface area contributed by atoms with Crippen LogP contribution in [0.5, 0.6) is 11.5 Å². The number of carbonyl (C=O) groups excluding carboxylic acids is 3. The number of methoxy groups -OCH3 is 1. The lowest BCUT2D eigenvalue weighted by atomic mass is 9.57. The summed E-state index contributed by atoms with van der Waals surface area (Å²) < 4.78 is 5.23. The predicted octanol–water partition coefficient (Wildman–Crippen LogP) is 1.64. The van der Waals surface area contributed by atoms with Gasteiger partial charge in [0.05, 0.1) is 18.7 Å². The van der Waals surface area contributed by atoms with Gasteiger partial charge in [0, 0.05) is 11.5 Å². The van der Waals surface area contributed by atoms with E-state index in [-0.39, 0.29) is 29.7 Å². The Morgan fingerprint density at radius 2 is 1.74 bits per heavy atom. The molecule has 0 unspecified atom stereocenters. The molecular formula is C28H28N2O8. The molecule has 10 nitrogen and oxygen atoms in total. The average molecular weight is 521 g/mol. The van der Waals surface area contributed by atoms with Gasteiger partial charge >= 0.3 is 0 Å². The van der Waals surface area contributed by atoms with E-state index in [0.717, 1.165) is 11.1 Å². The summed E-state index contributed by atoms with van der Waals surface area (Å²) in [5, 5.41) is 44.6. The molecular weight excluding hydrogens is 492 g/mol. The molecule has 4 atom stereocenters. The third-order valence-electron chi connectivity index (χ3n) is 8.01. The van der Waals surface area contributed by atoms with Gasteiger partial charge in [-0.3, -0.25) is 19.3 Å². The first-order chi connectivity index (χ1) is 17.9. The third-order valence-corrected chi connectivity index (χ3v) is 8.01. The van der Waals surface area contributed by atoms with Crippen LogP contribution >= 0.6 is 0 Å². The van der Waals surface area contributed by atoms with Gasteiger partial charge in [-0.2, -0.15) is 0 Å². The van der Waals surface area contributed by atoms with Crippen molar-refractivity contribution in [2.75, 3.05) is 21.2 Å². The van der Waals surface area contributed by atoms with E-state index >= 15 is 0 Å². The number of amides is 1. The Balaban J connectivity index is 1.72. The monoisotopic (exact) mass is 520 g/mol. The summed E-state index contributed by atoms with van der Waals surface area (Å²) in [6.07, 6.45) is 0.244. The van der Waals surface area contributed by atoms with E-state index in [2.05, 4.69) is 0 Å². The number of benzene rings is 2. The van der Waals surface area contributed by atoms with Crippen molar-refractivity contribution in [1.82, 2.24) is 4.90 Å². The number of ketones is 2. The maximum atomic E-state index is 13.9. The second kappa shape index (κ2) is 8.71. The normalized spacial score (nSPS) is 26.7. The van der Waals surface area contributed by atoms with Gasteiger partial charge in [0.15, 0.2) is 11.4 Å². The number of rotatable bonds is 4. The number of Topliss-reactive ketones (excluding diaryl/α,β-unsaturated/α-hetero) is 2. The number of carbonyl (C=O) groups is 3. The molecule has 1 amide bonds. The van der Waals surface area contributed by atoms with Crippen molar-refractivity contribution < 1.29 is 39.5 Å². The summed E-state index contributed by atoms with van der Waals surface area (Å²) in [6.45, 7) is 0. The molecule has 0 saturated heterocycles. The Bertz CT molecular complexity index is 1460. The number of ether oxygens (including phenoxy) is 1. The van der Waals surface area contributed by atoms with Crippen LogP contribution in [0.15, 0.2) is 53.3 Å². The third kappa shape index (κ3) is 3.37. The smallest absolute Gasteiger partial charge is 0.255 e. The minimum atomic E-state index is -2.66. The van der Waals surface area contributed by atoms with Gasteiger partial charge in [-0.15, -0.1) is 0 Å². The van der Waals surface area contributed by atoms with Crippen molar-refractivity contribution in [2.45, 2.75) is 24.5 Å². The Morgan fingerprint density at radius 3 is 2.32 bits per heavy atom. The van der Waals surface area contributed by atoms with Crippen molar-refractivity contribution in [2.24, 2.45) is 17.6 Å². The van der Waals surface area contributed by atoms with Gasteiger partial charge in [0.2, 0.25) is 5.78 Å². The summed E-state index contributed by atoms with van der Waals surface area (Å²) in [5.41, 5.74) is 3.84. The molecule has 0 bridgehead atoms. The van der Waals surface area contributed by atoms with Crippen molar-refractivity contribution in [3.63, 3.8) is 0 Å². The first-order valence-electron chi connectivity index (χ1n) is 12.1. The molecule has 6 N–H and O–H groups in total. The molecule has 0 aromatic heterocycles. The maximum absolute atomic E-state index is 13.9. The Kier molecular flexibility index (Phi) is 5.85. The molecule has 0 radical (unpaired) electrons. The zero-order valence-corrected chi connectivity index (χ0v) is 21.1. The summed E-state index contributed by atoms with van der Waals surface area (Å²) in [4.78, 5) is 40.6. The second-order valence-electron chi connectivity index (χ2n) is 10.2. The van der Waals surface area contributed by atoms with Gasteiger partial charge < -0.3 is 30.9 Å². The molecule has 1 saturated carbocycles. The molecule has 2 aromatic carbocycles. The number of aromatic hydroxyl groups is 1. The number of phenols is 1. The van der Waals surface area contributed by atoms with E-state index < -0.39 is 58.0 Å². The van der Waals surface area contributed by atoms with E-state index in [4.69, 9.17) is 10.5 Å². The Hall–Kier alpha value is -4.15. The molecule has 38 heavy (non-hydrogen) atoms. The standard InChI is InChI=1S/C28H28N2O8/c1-30(2)22-17-11-13-10-16-15(12-4-6-14(38-3)7-5-12)8-9-18(31)20(16)23(32)19(13)25(34)28(17,37)26(35)21(24(22)33)27(29)36/h4-9,13,17,22,31-32,35,37H,10-11H2,1-3H3,(H2,29,36)/t13-,17-,22-,28-/m0/s1. The number of hydrogen-bond acceptors (Lipinski definition) is 9. The quantitative estimate of drug-likeness (QED) is 0.376. The minimum Gasteiger partial charge on any atom is -0.508 e. The lowest BCUT2D eigenvalue weighted by molar-refractivity contribution is -0.153. The molecule has 1 fully saturated rings. The SMILES string of the molecule is COc1ccc(-c2ccc(O)c3c2C[C@H]2C[C@H]4[C@H](N(C)C)C(=O)C(C(N)=O)=C(O)[C@@]4(O)C(=O)C2=C3O)cc1. The number of aliphatic hydroxyl groups is 3. The van der Waals surface area contributed by atoms with Gasteiger partial charge in [-0.05, 0) is 67.7 Å². The zero-order chi connectivity index (χ0) is 27.7. The molecule has 3 aliphatic rings. The van der Waals surface area contributed by atoms with Gasteiger partial charge in [-0.25, -0.2) is 0 Å². The van der Waals surface area contributed by atoms with Crippen LogP contribution in [0.4, 0.5) is 0 Å². The van der Waals surface area contributed by atoms with Crippen molar-refractivity contribution >= 4 is 23.2 Å². The number of phenolic OH excluding ortho intramolecular Hbond substituents is 1. The first kappa shape index (κ1) is 25.5. The zero-order valence-electron chi connectivity index (χ0n) is 21.1. The van der Waals surface area contributed by atoms with Crippen LogP contribution in [0.25, 0.3) is 16.9 Å². The number of nitrogens with zero attached hydrogens (tertiary/aromatic N) is 1. The highest BCUT2D eigenvalue weighted by Gasteiger charge is 2.64. The number of primary amides is 1. The maximum Gasteiger partial charge on any atom is 0.255 e. The Labute approximate surface area is 218 Å². The van der Waals surface area contributed by atoms with Gasteiger partial charge in [0.25, 0.3) is 5.91 Å². The lowest BCUT2D eigenvalue weighted by Crippen LogP contribution is -2.65. The molecule has 0 aliphatic heterocycles. The summed E-state index contributed by atoms with van der Waals surface area (Å²) >= 11 is 0. The molecule has 3 aliphatic carbocycles. The molecule has 0 heterocycles. The van der Waals surface area contributed by atoms with E-state index in [1.807, 2.05) is 12.1 Å². The first-order valence-corrected chi connectivity index (χ1v) is 12.1. The van der Waals surface area contributed by atoms with Crippen LogP contribution in [-0.4, -0.2) is 75.6 Å². The van der Waals surface area contributed by atoms with Crippen molar-refractivity contribution in [3.8, 4) is 22.6 Å². The second-order valence-corrected chi connectivity index (χ2v) is 10.2. The van der Waals surface area contributed by atoms with Crippen LogP contribution < -0.4 is 10.5 Å². The molecule has 5 rings (SSSR count). The van der Waals surface area contributed by atoms with E-state index in [0.29, 0.717) is 11.3 Å². The fourth-order valence-corrected chi connectivity index (χ4v) is 6.29. The number of hydrogen-bond donors (Lipinski definition) is 5. The largest absolute Gasteiger partial charge is 0.508 e. The minimum absolute atomic E-state index is 0.0312. The van der Waals surface area contributed by atoms with Gasteiger partial charge in [-0.1, -0.05) is 18.2 Å². The van der Waals surface area contributed by atoms with Crippen LogP contribution in [0.2, 0.25) is 0 Å². The summed E-state index contributed by atoms with van der Waals surface area (Å²) in [5.74, 6) is -6.08. The number of fused-ring (bicyclic) bond motifs is 3. The summed E-state index contributed by atoms with van der Waals surface area (Å²) in [6, 6.07) is 9.23. The highest BCUT2D eigenvalue weighted by Crippen LogP contribution is 2.53. The lowest BCUT2D eigenvalue weighted by Gasteiger charge is -2.50. The fourth-order valence-electron chi connectivity index (χ4n) is 6.29. The molecule has 10 heteroatoms. The van der Waals surface area contributed by atoms with Gasteiger partial charge in [0.1, 0.15) is 28.6 Å². The molecule has 198 valence electrons. The van der Waals surface area contributed by atoms with E-state index in [9.17, 15) is 34.8 Å². The number of aliphatic hydroxyl groups excluding tert-OH is 2. The topological polar surface area (TPSA) is 171 Å². The van der Waals surface area contributed by atoms with E-state index in [1.165, 1.54) is 11.0 Å². The predicted molar refractivity (Wildman–Crippen MR) is 136 cm³/mol. The van der Waals surface area contributed by atoms with Crippen LogP contribution in [0, 0.1) is 11.8 Å². The summed E-state index contributed by atoms with van der Waals surface area (Å²) in [7, 11) is 4.68.